The molecule has 0 bridgehead atoms. The second-order valence-electron chi connectivity index (χ2n) is 3.40. The van der Waals surface area contributed by atoms with E-state index in [1.807, 2.05) is 4.90 Å². The molecule has 0 unspecified atom stereocenters. The van der Waals surface area contributed by atoms with Crippen LogP contribution in [0.2, 0.25) is 0 Å². The highest BCUT2D eigenvalue weighted by Crippen LogP contribution is 2.12. The second kappa shape index (κ2) is 4.88. The maximum atomic E-state index is 10.5. The average Bonchev–Trinajstić information content (AvgIpc) is 2.73. The van der Waals surface area contributed by atoms with Crippen LogP contribution < -0.4 is 5.32 Å². The van der Waals surface area contributed by atoms with Crippen molar-refractivity contribution in [3.8, 4) is 0 Å². The van der Waals surface area contributed by atoms with Gasteiger partial charge in [-0.3, -0.25) is 10.1 Å². The summed E-state index contributed by atoms with van der Waals surface area (Å²) in [5.41, 5.74) is 0.836. The summed E-state index contributed by atoms with van der Waals surface area (Å²) in [6, 6.07) is 0. The van der Waals surface area contributed by atoms with Gasteiger partial charge in [-0.25, -0.2) is 0 Å². The Morgan fingerprint density at radius 2 is 2.62 bits per heavy atom. The zero-order chi connectivity index (χ0) is 11.4. The average molecular weight is 241 g/mol. The molecule has 0 amide bonds. The summed E-state index contributed by atoms with van der Waals surface area (Å²) in [6.45, 7) is 2.12. The van der Waals surface area contributed by atoms with E-state index in [-0.39, 0.29) is 0 Å². The third-order valence-electron chi connectivity index (χ3n) is 2.24. The van der Waals surface area contributed by atoms with Gasteiger partial charge in [0.05, 0.1) is 35.1 Å². The van der Waals surface area contributed by atoms with Crippen LogP contribution in [0.5, 0.6) is 0 Å². The molecular weight excluding hydrogens is 230 g/mol. The van der Waals surface area contributed by atoms with Crippen molar-refractivity contribution in [3.63, 3.8) is 0 Å². The number of nitro groups is 1. The van der Waals surface area contributed by atoms with Gasteiger partial charge in [-0.2, -0.15) is 8.75 Å². The minimum absolute atomic E-state index is 0.444. The highest BCUT2D eigenvalue weighted by molar-refractivity contribution is 6.99. The van der Waals surface area contributed by atoms with Crippen molar-refractivity contribution >= 4 is 11.7 Å². The Hall–Kier alpha value is -1.70. The Morgan fingerprint density at radius 3 is 3.31 bits per heavy atom. The fraction of sp³-hybridized carbons (Fsp3) is 0.500. The van der Waals surface area contributed by atoms with Crippen molar-refractivity contribution in [2.45, 2.75) is 13.0 Å². The number of rotatable bonds is 3. The van der Waals surface area contributed by atoms with Gasteiger partial charge in [0.2, 0.25) is 0 Å². The van der Waals surface area contributed by atoms with Crippen LogP contribution in [0.1, 0.15) is 12.1 Å². The van der Waals surface area contributed by atoms with Crippen molar-refractivity contribution < 1.29 is 4.92 Å². The van der Waals surface area contributed by atoms with E-state index >= 15 is 0 Å². The van der Waals surface area contributed by atoms with Crippen LogP contribution in [0, 0.1) is 10.1 Å². The molecule has 1 N–H and O–H groups in total. The number of aromatic nitrogens is 2. The molecule has 2 heterocycles. The Balaban J connectivity index is 2.08. The van der Waals surface area contributed by atoms with E-state index in [1.165, 1.54) is 0 Å². The Bertz CT molecular complexity index is 391. The maximum Gasteiger partial charge on any atom is 0.274 e. The van der Waals surface area contributed by atoms with Gasteiger partial charge >= 0.3 is 0 Å². The molecule has 16 heavy (non-hydrogen) atoms. The first kappa shape index (κ1) is 10.8. The van der Waals surface area contributed by atoms with Crippen molar-refractivity contribution in [2.75, 3.05) is 13.1 Å². The largest absolute Gasteiger partial charge is 0.367 e. The highest BCUT2D eigenvalue weighted by Gasteiger charge is 2.18. The molecule has 1 fully saturated rings. The SMILES string of the molecule is O=[N+]([O-])C=C1NCCCN1Cc1cnsn1. The van der Waals surface area contributed by atoms with Crippen molar-refractivity contribution in [1.29, 1.82) is 0 Å². The molecule has 0 radical (unpaired) electrons. The molecule has 8 heteroatoms. The van der Waals surface area contributed by atoms with Crippen LogP contribution in [0.15, 0.2) is 18.2 Å². The van der Waals surface area contributed by atoms with Gasteiger partial charge in [-0.15, -0.1) is 0 Å². The molecule has 7 nitrogen and oxygen atoms in total. The number of nitrogens with one attached hydrogen (secondary N) is 1. The number of hydrogen-bond donors (Lipinski definition) is 1. The first-order chi connectivity index (χ1) is 7.75. The van der Waals surface area contributed by atoms with Crippen molar-refractivity contribution in [2.24, 2.45) is 0 Å². The molecule has 1 saturated heterocycles. The molecule has 2 rings (SSSR count). The van der Waals surface area contributed by atoms with Crippen molar-refractivity contribution in [1.82, 2.24) is 19.0 Å². The molecular formula is C8H11N5O2S. The monoisotopic (exact) mass is 241 g/mol. The Morgan fingerprint density at radius 1 is 1.75 bits per heavy atom. The molecule has 1 aliphatic rings. The third-order valence-corrected chi connectivity index (χ3v) is 2.75. The lowest BCUT2D eigenvalue weighted by molar-refractivity contribution is -0.405. The summed E-state index contributed by atoms with van der Waals surface area (Å²) in [5.74, 6) is 0.546. The van der Waals surface area contributed by atoms with E-state index in [1.54, 1.807) is 6.20 Å². The second-order valence-corrected chi connectivity index (χ2v) is 3.96. The summed E-state index contributed by atoms with van der Waals surface area (Å²) in [7, 11) is 0. The molecule has 0 saturated carbocycles. The van der Waals surface area contributed by atoms with E-state index in [4.69, 9.17) is 0 Å². The summed E-state index contributed by atoms with van der Waals surface area (Å²) >= 11 is 1.14. The zero-order valence-corrected chi connectivity index (χ0v) is 9.31. The van der Waals surface area contributed by atoms with E-state index in [0.29, 0.717) is 12.4 Å². The molecule has 86 valence electrons. The van der Waals surface area contributed by atoms with Gasteiger partial charge in [0.25, 0.3) is 6.20 Å². The van der Waals surface area contributed by atoms with Crippen LogP contribution in [0.3, 0.4) is 0 Å². The van der Waals surface area contributed by atoms with E-state index in [0.717, 1.165) is 43.1 Å². The molecule has 0 aliphatic carbocycles. The first-order valence-corrected chi connectivity index (χ1v) is 5.59. The van der Waals surface area contributed by atoms with Crippen LogP contribution in [0.25, 0.3) is 0 Å². The van der Waals surface area contributed by atoms with Gasteiger partial charge in [-0.1, -0.05) is 0 Å². The fourth-order valence-corrected chi connectivity index (χ4v) is 1.98. The lowest BCUT2D eigenvalue weighted by atomic mass is 10.3. The van der Waals surface area contributed by atoms with Crippen LogP contribution in [-0.2, 0) is 6.54 Å². The fourth-order valence-electron chi connectivity index (χ4n) is 1.56. The van der Waals surface area contributed by atoms with Gasteiger partial charge in [-0.05, 0) is 6.42 Å². The summed E-state index contributed by atoms with van der Waals surface area (Å²) in [5, 5.41) is 13.5. The van der Waals surface area contributed by atoms with Crippen LogP contribution >= 0.6 is 11.7 Å². The van der Waals surface area contributed by atoms with Crippen LogP contribution in [0.4, 0.5) is 0 Å². The lowest BCUT2D eigenvalue weighted by Crippen LogP contribution is -2.39. The molecule has 1 aliphatic heterocycles. The first-order valence-electron chi connectivity index (χ1n) is 4.86. The third kappa shape index (κ3) is 2.66. The van der Waals surface area contributed by atoms with Gasteiger partial charge in [0.1, 0.15) is 0 Å². The molecule has 0 aromatic carbocycles. The van der Waals surface area contributed by atoms with Gasteiger partial charge in [0.15, 0.2) is 5.82 Å². The number of hydrogen-bond acceptors (Lipinski definition) is 7. The van der Waals surface area contributed by atoms with Gasteiger partial charge in [0, 0.05) is 13.1 Å². The van der Waals surface area contributed by atoms with Crippen LogP contribution in [-0.4, -0.2) is 31.7 Å². The van der Waals surface area contributed by atoms with Gasteiger partial charge < -0.3 is 10.2 Å². The predicted octanol–water partition coefficient (Wildman–Crippen LogP) is 0.409. The zero-order valence-electron chi connectivity index (χ0n) is 8.50. The van der Waals surface area contributed by atoms with Crippen molar-refractivity contribution in [3.05, 3.63) is 34.0 Å². The molecule has 0 spiro atoms. The van der Waals surface area contributed by atoms with E-state index in [9.17, 15) is 10.1 Å². The Kier molecular flexibility index (Phi) is 3.30. The highest BCUT2D eigenvalue weighted by atomic mass is 32.1. The van der Waals surface area contributed by atoms with E-state index < -0.39 is 4.92 Å². The molecule has 1 aromatic heterocycles. The normalized spacial score (nSPS) is 18.5. The maximum absolute atomic E-state index is 10.5. The minimum Gasteiger partial charge on any atom is -0.367 e. The Labute approximate surface area is 96.3 Å². The minimum atomic E-state index is -0.444. The molecule has 1 aromatic rings. The molecule has 0 atom stereocenters. The summed E-state index contributed by atoms with van der Waals surface area (Å²) in [6.07, 6.45) is 3.65. The smallest absolute Gasteiger partial charge is 0.274 e. The summed E-state index contributed by atoms with van der Waals surface area (Å²) < 4.78 is 7.99. The standard InChI is InChI=1S/C8H11N5O2S/c14-13(15)6-8-9-2-1-3-12(8)5-7-4-10-16-11-7/h4,6,9H,1-3,5H2. The predicted molar refractivity (Wildman–Crippen MR) is 58.0 cm³/mol. The number of nitrogens with zero attached hydrogens (tertiary/aromatic N) is 4. The van der Waals surface area contributed by atoms with E-state index in [2.05, 4.69) is 14.1 Å². The quantitative estimate of drug-likeness (QED) is 0.609. The summed E-state index contributed by atoms with van der Waals surface area (Å²) in [4.78, 5) is 11.9. The topological polar surface area (TPSA) is 84.2 Å². The lowest BCUT2D eigenvalue weighted by Gasteiger charge is -2.29.